The fourth-order valence-corrected chi connectivity index (χ4v) is 3.10. The van der Waals surface area contributed by atoms with Gasteiger partial charge in [-0.3, -0.25) is 0 Å². The van der Waals surface area contributed by atoms with E-state index >= 15 is 0 Å². The zero-order valence-corrected chi connectivity index (χ0v) is 16.8. The summed E-state index contributed by atoms with van der Waals surface area (Å²) in [6.45, 7) is 5.95. The van der Waals surface area contributed by atoms with Crippen molar-refractivity contribution >= 4 is 17.6 Å². The number of hydrogen-bond acceptors (Lipinski definition) is 6. The minimum absolute atomic E-state index is 0.130. The number of ether oxygens (including phenoxy) is 1. The van der Waals surface area contributed by atoms with Crippen molar-refractivity contribution in [1.29, 1.82) is 0 Å². The number of nitrogens with one attached hydrogen (secondary N) is 1. The van der Waals surface area contributed by atoms with Crippen molar-refractivity contribution < 1.29 is 17.9 Å². The van der Waals surface area contributed by atoms with Gasteiger partial charge in [-0.05, 0) is 38.2 Å². The van der Waals surface area contributed by atoms with Gasteiger partial charge < -0.3 is 10.1 Å². The van der Waals surface area contributed by atoms with Crippen LogP contribution in [0.15, 0.2) is 17.2 Å². The number of nitrogens with zero attached hydrogens (tertiary/aromatic N) is 3. The number of halogens is 3. The van der Waals surface area contributed by atoms with Crippen molar-refractivity contribution in [2.24, 2.45) is 0 Å². The molecule has 2 heterocycles. The number of aryl methyl sites for hydroxylation is 1. The summed E-state index contributed by atoms with van der Waals surface area (Å²) in [6, 6.07) is 2.52. The maximum absolute atomic E-state index is 12.9. The monoisotopic (exact) mass is 400 g/mol. The highest BCUT2D eigenvalue weighted by atomic mass is 32.2. The van der Waals surface area contributed by atoms with Crippen LogP contribution in [0.25, 0.3) is 11.3 Å². The molecule has 0 aliphatic rings. The summed E-state index contributed by atoms with van der Waals surface area (Å²) in [5.41, 5.74) is 0.402. The Balaban J connectivity index is 2.53. The largest absolute Gasteiger partial charge is 0.480 e. The van der Waals surface area contributed by atoms with E-state index < -0.39 is 11.9 Å². The third-order valence-corrected chi connectivity index (χ3v) is 4.83. The summed E-state index contributed by atoms with van der Waals surface area (Å²) in [4.78, 5) is 12.8. The second-order valence-corrected chi connectivity index (χ2v) is 6.72. The fourth-order valence-electron chi connectivity index (χ4n) is 2.62. The first-order valence-corrected chi connectivity index (χ1v) is 9.79. The van der Waals surface area contributed by atoms with Crippen LogP contribution in [0, 0.1) is 6.92 Å². The summed E-state index contributed by atoms with van der Waals surface area (Å²) in [6.07, 6.45) is -0.767. The number of hydrogen-bond donors (Lipinski definition) is 1. The van der Waals surface area contributed by atoms with Gasteiger partial charge in [0.25, 0.3) is 0 Å². The molecule has 0 unspecified atom stereocenters. The average molecular weight is 400 g/mol. The van der Waals surface area contributed by atoms with E-state index in [-0.39, 0.29) is 11.9 Å². The summed E-state index contributed by atoms with van der Waals surface area (Å²) in [5.74, 6) is 0.547. The Morgan fingerprint density at radius 3 is 2.33 bits per heavy atom. The molecule has 0 aliphatic heterocycles. The third kappa shape index (κ3) is 4.82. The molecule has 2 aromatic heterocycles. The molecule has 0 aromatic carbocycles. The Morgan fingerprint density at radius 2 is 1.81 bits per heavy atom. The second kappa shape index (κ2) is 8.77. The van der Waals surface area contributed by atoms with Crippen LogP contribution in [0.4, 0.5) is 19.0 Å². The Labute approximate surface area is 161 Å². The molecule has 0 bridgehead atoms. The third-order valence-electron chi connectivity index (χ3n) is 4.16. The predicted octanol–water partition coefficient (Wildman–Crippen LogP) is 5.20. The Morgan fingerprint density at radius 1 is 1.15 bits per heavy atom. The van der Waals surface area contributed by atoms with Crippen LogP contribution in [0.3, 0.4) is 0 Å². The van der Waals surface area contributed by atoms with Crippen molar-refractivity contribution in [3.05, 3.63) is 23.5 Å². The number of rotatable bonds is 7. The molecule has 5 nitrogen and oxygen atoms in total. The van der Waals surface area contributed by atoms with Gasteiger partial charge in [0.15, 0.2) is 5.82 Å². The normalized spacial score (nSPS) is 11.7. The SMILES string of the molecule is CCC(CC)Nc1nc(C)c(-c2ccc(C(F)(F)F)nc2OC)nc1SC. The minimum Gasteiger partial charge on any atom is -0.480 e. The van der Waals surface area contributed by atoms with Gasteiger partial charge >= 0.3 is 6.18 Å². The summed E-state index contributed by atoms with van der Waals surface area (Å²) in [7, 11) is 1.28. The number of methoxy groups -OCH3 is 1. The van der Waals surface area contributed by atoms with E-state index in [1.165, 1.54) is 24.9 Å². The highest BCUT2D eigenvalue weighted by Crippen LogP contribution is 2.36. The zero-order chi connectivity index (χ0) is 20.2. The molecule has 9 heteroatoms. The fraction of sp³-hybridized carbons (Fsp3) is 0.500. The van der Waals surface area contributed by atoms with Crippen molar-refractivity contribution in [3.8, 4) is 17.1 Å². The first-order valence-electron chi connectivity index (χ1n) is 8.56. The molecule has 148 valence electrons. The Kier molecular flexibility index (Phi) is 6.91. The molecule has 1 N–H and O–H groups in total. The average Bonchev–Trinajstić information content (AvgIpc) is 2.65. The van der Waals surface area contributed by atoms with E-state index in [4.69, 9.17) is 4.74 Å². The number of alkyl halides is 3. The molecule has 2 aromatic rings. The van der Waals surface area contributed by atoms with Crippen molar-refractivity contribution in [2.75, 3.05) is 18.7 Å². The Bertz CT molecular complexity index is 795. The molecule has 0 radical (unpaired) electrons. The van der Waals surface area contributed by atoms with Crippen molar-refractivity contribution in [3.63, 3.8) is 0 Å². The van der Waals surface area contributed by atoms with Gasteiger partial charge in [-0.2, -0.15) is 13.2 Å². The standard InChI is InChI=1S/C18H23F3N4OS/c1-6-11(7-2)23-15-17(27-5)25-14(10(3)22-15)12-8-9-13(18(19,20)21)24-16(12)26-4/h8-9,11H,6-7H2,1-5H3,(H,22,23). The highest BCUT2D eigenvalue weighted by molar-refractivity contribution is 7.98. The second-order valence-electron chi connectivity index (χ2n) is 5.92. The maximum Gasteiger partial charge on any atom is 0.433 e. The first-order chi connectivity index (χ1) is 12.7. The van der Waals surface area contributed by atoms with Crippen LogP contribution in [0.5, 0.6) is 5.88 Å². The summed E-state index contributed by atoms with van der Waals surface area (Å²) in [5, 5.41) is 4.06. The number of thioether (sulfide) groups is 1. The molecule has 0 spiro atoms. The van der Waals surface area contributed by atoms with E-state index in [0.29, 0.717) is 27.8 Å². The van der Waals surface area contributed by atoms with Gasteiger partial charge in [-0.25, -0.2) is 15.0 Å². The van der Waals surface area contributed by atoms with Crippen LogP contribution in [-0.4, -0.2) is 34.4 Å². The summed E-state index contributed by atoms with van der Waals surface area (Å²) >= 11 is 1.42. The van der Waals surface area contributed by atoms with Gasteiger partial charge in [0.2, 0.25) is 5.88 Å². The number of pyridine rings is 1. The first kappa shape index (κ1) is 21.3. The van der Waals surface area contributed by atoms with Gasteiger partial charge in [0, 0.05) is 6.04 Å². The van der Waals surface area contributed by atoms with Gasteiger partial charge in [-0.1, -0.05) is 13.8 Å². The Hall–Kier alpha value is -2.03. The van der Waals surface area contributed by atoms with Gasteiger partial charge in [0.05, 0.1) is 24.1 Å². The van der Waals surface area contributed by atoms with Crippen molar-refractivity contribution in [1.82, 2.24) is 15.0 Å². The smallest absolute Gasteiger partial charge is 0.433 e. The van der Waals surface area contributed by atoms with E-state index in [0.717, 1.165) is 18.9 Å². The molecule has 0 saturated carbocycles. The van der Waals surface area contributed by atoms with Crippen molar-refractivity contribution in [2.45, 2.75) is 50.9 Å². The number of anilines is 1. The topological polar surface area (TPSA) is 59.9 Å². The van der Waals surface area contributed by atoms with Crippen LogP contribution in [-0.2, 0) is 6.18 Å². The van der Waals surface area contributed by atoms with Gasteiger partial charge in [-0.15, -0.1) is 11.8 Å². The number of aromatic nitrogens is 3. The van der Waals surface area contributed by atoms with Crippen LogP contribution in [0.2, 0.25) is 0 Å². The summed E-state index contributed by atoms with van der Waals surface area (Å²) < 4.78 is 43.9. The lowest BCUT2D eigenvalue weighted by molar-refractivity contribution is -0.141. The van der Waals surface area contributed by atoms with Gasteiger partial charge in [0.1, 0.15) is 10.7 Å². The van der Waals surface area contributed by atoms with E-state index in [1.54, 1.807) is 6.92 Å². The zero-order valence-electron chi connectivity index (χ0n) is 15.9. The molecule has 0 atom stereocenters. The molecule has 0 aliphatic carbocycles. The minimum atomic E-state index is -4.54. The quantitative estimate of drug-likeness (QED) is 0.645. The molecule has 27 heavy (non-hydrogen) atoms. The lowest BCUT2D eigenvalue weighted by Gasteiger charge is -2.19. The lowest BCUT2D eigenvalue weighted by Crippen LogP contribution is -2.19. The van der Waals surface area contributed by atoms with E-state index in [9.17, 15) is 13.2 Å². The molecule has 0 fully saturated rings. The molecule has 0 amide bonds. The predicted molar refractivity (Wildman–Crippen MR) is 101 cm³/mol. The molecular formula is C18H23F3N4OS. The highest BCUT2D eigenvalue weighted by Gasteiger charge is 2.33. The molecular weight excluding hydrogens is 377 g/mol. The molecule has 0 saturated heterocycles. The molecule has 2 rings (SSSR count). The van der Waals surface area contributed by atoms with Crippen LogP contribution >= 0.6 is 11.8 Å². The van der Waals surface area contributed by atoms with Crippen LogP contribution in [0.1, 0.15) is 38.1 Å². The van der Waals surface area contributed by atoms with E-state index in [2.05, 4.69) is 34.1 Å². The van der Waals surface area contributed by atoms with Crippen LogP contribution < -0.4 is 10.1 Å². The lowest BCUT2D eigenvalue weighted by atomic mass is 10.1. The van der Waals surface area contributed by atoms with E-state index in [1.807, 2.05) is 6.26 Å². The maximum atomic E-state index is 12.9.